The van der Waals surface area contributed by atoms with Gasteiger partial charge in [0.1, 0.15) is 6.54 Å². The standard InChI is InChI=1S/C28H27Cl2F3N10O2/c29-27(30)13-18(1-2-20(27)26(45)41-11-9-40(10-12-41)25(44)17-3-5-35-14-17)38-23-24-37-15-21(43(24)8-6-36-23)19-16-42(7-4-34)39-22(19)28(31,32)33/h1-2,6,8,15-17,35H,3,5,7,9-14H2,(H,36,38)/t17-/m0/s1. The van der Waals surface area contributed by atoms with Gasteiger partial charge in [-0.1, -0.05) is 23.2 Å². The minimum Gasteiger partial charge on any atom is -0.341 e. The van der Waals surface area contributed by atoms with Crippen molar-refractivity contribution in [1.29, 1.82) is 5.26 Å². The molecule has 2 fully saturated rings. The maximum Gasteiger partial charge on any atom is 0.435 e. The molecule has 2 N–H and O–H groups in total. The van der Waals surface area contributed by atoms with Crippen LogP contribution in [0.4, 0.5) is 19.0 Å². The first-order valence-corrected chi connectivity index (χ1v) is 14.9. The van der Waals surface area contributed by atoms with E-state index in [-0.39, 0.29) is 59.0 Å². The summed E-state index contributed by atoms with van der Waals surface area (Å²) in [6.07, 6.45) is 4.51. The van der Waals surface area contributed by atoms with E-state index in [0.29, 0.717) is 38.4 Å². The van der Waals surface area contributed by atoms with E-state index in [4.69, 9.17) is 28.5 Å². The third-order valence-corrected chi connectivity index (χ3v) is 8.70. The smallest absolute Gasteiger partial charge is 0.341 e. The summed E-state index contributed by atoms with van der Waals surface area (Å²) in [6, 6.07) is 1.78. The number of anilines is 1. The molecule has 0 bridgehead atoms. The minimum absolute atomic E-state index is 0.0102. The lowest BCUT2D eigenvalue weighted by atomic mass is 9.99. The normalized spacial score (nSPS) is 20.1. The number of aromatic nitrogens is 5. The van der Waals surface area contributed by atoms with Crippen LogP contribution in [-0.4, -0.2) is 89.4 Å². The molecule has 0 radical (unpaired) electrons. The maximum atomic E-state index is 13.8. The predicted molar refractivity (Wildman–Crippen MR) is 158 cm³/mol. The number of halogens is 5. The Bertz CT molecular complexity index is 1740. The number of hydrogen-bond donors (Lipinski definition) is 2. The van der Waals surface area contributed by atoms with Gasteiger partial charge in [-0.05, 0) is 25.1 Å². The molecule has 17 heteroatoms. The number of imidazole rings is 1. The van der Waals surface area contributed by atoms with Gasteiger partial charge >= 0.3 is 6.18 Å². The second-order valence-corrected chi connectivity index (χ2v) is 12.4. The molecule has 3 aliphatic rings. The molecule has 1 atom stereocenters. The zero-order chi connectivity index (χ0) is 31.9. The molecule has 0 unspecified atom stereocenters. The van der Waals surface area contributed by atoms with Gasteiger partial charge in [0, 0.05) is 63.4 Å². The number of carbonyl (C=O) groups excluding carboxylic acids is 2. The molecule has 2 saturated heterocycles. The van der Waals surface area contributed by atoms with Crippen molar-refractivity contribution < 1.29 is 22.8 Å². The zero-order valence-corrected chi connectivity index (χ0v) is 25.2. The number of fused-ring (bicyclic) bond motifs is 1. The van der Waals surface area contributed by atoms with Crippen molar-refractivity contribution in [2.45, 2.75) is 29.9 Å². The van der Waals surface area contributed by atoms with Crippen molar-refractivity contribution in [3.63, 3.8) is 0 Å². The maximum absolute atomic E-state index is 13.8. The van der Waals surface area contributed by atoms with E-state index in [2.05, 4.69) is 25.7 Å². The van der Waals surface area contributed by atoms with Crippen LogP contribution < -0.4 is 10.6 Å². The first-order valence-electron chi connectivity index (χ1n) is 14.2. The van der Waals surface area contributed by atoms with E-state index in [9.17, 15) is 22.8 Å². The van der Waals surface area contributed by atoms with Crippen LogP contribution in [0.5, 0.6) is 0 Å². The van der Waals surface area contributed by atoms with E-state index in [1.165, 1.54) is 29.1 Å². The van der Waals surface area contributed by atoms with Gasteiger partial charge in [0.2, 0.25) is 5.91 Å². The van der Waals surface area contributed by atoms with Crippen molar-refractivity contribution in [2.75, 3.05) is 44.6 Å². The molecule has 2 aliphatic heterocycles. The van der Waals surface area contributed by atoms with Crippen LogP contribution in [0, 0.1) is 17.2 Å². The van der Waals surface area contributed by atoms with Gasteiger partial charge < -0.3 is 20.4 Å². The van der Waals surface area contributed by atoms with E-state index in [1.54, 1.807) is 21.9 Å². The Morgan fingerprint density at radius 2 is 1.91 bits per heavy atom. The van der Waals surface area contributed by atoms with Crippen molar-refractivity contribution in [1.82, 2.24) is 39.3 Å². The van der Waals surface area contributed by atoms with Crippen molar-refractivity contribution in [2.24, 2.45) is 5.92 Å². The Kier molecular flexibility index (Phi) is 8.23. The molecule has 5 heterocycles. The monoisotopic (exact) mass is 662 g/mol. The topological polar surface area (TPSA) is 136 Å². The average molecular weight is 663 g/mol. The summed E-state index contributed by atoms with van der Waals surface area (Å²) < 4.78 is 42.1. The molecule has 0 saturated carbocycles. The molecule has 2 amide bonds. The minimum atomic E-state index is -4.76. The Hall–Kier alpha value is -4.13. The highest BCUT2D eigenvalue weighted by Gasteiger charge is 2.41. The summed E-state index contributed by atoms with van der Waals surface area (Å²) in [6.45, 7) is 2.73. The number of alkyl halides is 5. The van der Waals surface area contributed by atoms with Crippen LogP contribution in [0.15, 0.2) is 48.2 Å². The number of piperazine rings is 1. The second-order valence-electron chi connectivity index (χ2n) is 10.9. The molecule has 0 aromatic carbocycles. The van der Waals surface area contributed by atoms with E-state index in [0.717, 1.165) is 23.8 Å². The summed E-state index contributed by atoms with van der Waals surface area (Å²) in [5.41, 5.74) is -0.373. The quantitative estimate of drug-likeness (QED) is 0.384. The van der Waals surface area contributed by atoms with Gasteiger partial charge in [-0.25, -0.2) is 9.97 Å². The second kappa shape index (κ2) is 12.0. The highest BCUT2D eigenvalue weighted by atomic mass is 35.5. The molecule has 236 valence electrons. The van der Waals surface area contributed by atoms with Gasteiger partial charge in [0.05, 0.1) is 35.0 Å². The Balaban J connectivity index is 1.19. The molecule has 6 rings (SSSR count). The predicted octanol–water partition coefficient (Wildman–Crippen LogP) is 3.22. The first kappa shape index (κ1) is 30.9. The van der Waals surface area contributed by atoms with Crippen LogP contribution in [0.3, 0.4) is 0 Å². The number of nitrogens with zero attached hydrogens (tertiary/aromatic N) is 8. The third kappa shape index (κ3) is 6.09. The van der Waals surface area contributed by atoms with E-state index >= 15 is 0 Å². The average Bonchev–Trinajstić information content (AvgIpc) is 3.77. The van der Waals surface area contributed by atoms with Gasteiger partial charge in [-0.3, -0.25) is 18.7 Å². The van der Waals surface area contributed by atoms with Crippen molar-refractivity contribution in [3.05, 3.63) is 53.9 Å². The number of nitrogens with one attached hydrogen (secondary N) is 2. The Labute approximate surface area is 265 Å². The number of carbonyl (C=O) groups is 2. The highest BCUT2D eigenvalue weighted by molar-refractivity contribution is 6.52. The number of hydrogen-bond acceptors (Lipinski definition) is 8. The van der Waals surface area contributed by atoms with Crippen LogP contribution in [0.1, 0.15) is 18.5 Å². The molecular formula is C28H27Cl2F3N10O2. The van der Waals surface area contributed by atoms with Crippen LogP contribution in [-0.2, 0) is 22.3 Å². The molecule has 12 nitrogen and oxygen atoms in total. The first-order chi connectivity index (χ1) is 21.5. The molecule has 1 aliphatic carbocycles. The molecule has 0 spiro atoms. The molecule has 3 aromatic heterocycles. The lowest BCUT2D eigenvalue weighted by Crippen LogP contribution is -2.53. The number of nitriles is 1. The van der Waals surface area contributed by atoms with Crippen LogP contribution in [0.2, 0.25) is 0 Å². The Morgan fingerprint density at radius 1 is 1.16 bits per heavy atom. The van der Waals surface area contributed by atoms with Gasteiger partial charge in [0.15, 0.2) is 21.5 Å². The molecule has 45 heavy (non-hydrogen) atoms. The lowest BCUT2D eigenvalue weighted by Gasteiger charge is -2.38. The SMILES string of the molecule is N#CCn1cc(-c2cnc3c(NC4=CC=C(C(=O)N5CCN(C(=O)[C@H]6CCNC6)CC5)C(Cl)(Cl)C4)nccn23)c(C(F)(F)F)n1. The summed E-state index contributed by atoms with van der Waals surface area (Å²) >= 11 is 13.4. The summed E-state index contributed by atoms with van der Waals surface area (Å²) in [4.78, 5) is 38.2. The number of rotatable bonds is 6. The largest absolute Gasteiger partial charge is 0.435 e. The highest BCUT2D eigenvalue weighted by Crippen LogP contribution is 2.41. The van der Waals surface area contributed by atoms with Gasteiger partial charge in [0.25, 0.3) is 5.91 Å². The fourth-order valence-electron chi connectivity index (χ4n) is 5.77. The number of amides is 2. The third-order valence-electron chi connectivity index (χ3n) is 8.02. The fraction of sp³-hybridized carbons (Fsp3) is 0.429. The van der Waals surface area contributed by atoms with Crippen LogP contribution >= 0.6 is 23.2 Å². The van der Waals surface area contributed by atoms with Crippen LogP contribution in [0.25, 0.3) is 16.9 Å². The zero-order valence-electron chi connectivity index (χ0n) is 23.7. The summed E-state index contributed by atoms with van der Waals surface area (Å²) in [5.74, 6) is -0.0175. The number of allylic oxidation sites excluding steroid dienone is 3. The molecule has 3 aromatic rings. The van der Waals surface area contributed by atoms with Crippen molar-refractivity contribution in [3.8, 4) is 17.3 Å². The van der Waals surface area contributed by atoms with Gasteiger partial charge in [-0.2, -0.15) is 23.5 Å². The Morgan fingerprint density at radius 3 is 2.58 bits per heavy atom. The van der Waals surface area contributed by atoms with E-state index in [1.807, 2.05) is 0 Å². The van der Waals surface area contributed by atoms with Gasteiger partial charge in [-0.15, -0.1) is 0 Å². The lowest BCUT2D eigenvalue weighted by molar-refractivity contribution is -0.141. The fourth-order valence-corrected chi connectivity index (χ4v) is 6.34. The van der Waals surface area contributed by atoms with Crippen molar-refractivity contribution >= 4 is 46.5 Å². The summed E-state index contributed by atoms with van der Waals surface area (Å²) in [7, 11) is 0. The summed E-state index contributed by atoms with van der Waals surface area (Å²) in [5, 5.41) is 18.8. The molecular weight excluding hydrogens is 636 g/mol. The van der Waals surface area contributed by atoms with E-state index < -0.39 is 16.2 Å².